The van der Waals surface area contributed by atoms with Gasteiger partial charge in [0.05, 0.1) is 15.3 Å². The number of hydrogen-bond donors (Lipinski definition) is 1. The zero-order valence-electron chi connectivity index (χ0n) is 16.0. The number of carbonyl (C=O) groups excluding carboxylic acids is 2. The van der Waals surface area contributed by atoms with Gasteiger partial charge >= 0.3 is 0 Å². The van der Waals surface area contributed by atoms with Gasteiger partial charge in [-0.25, -0.2) is 8.42 Å². The van der Waals surface area contributed by atoms with Crippen LogP contribution in [0.25, 0.3) is 0 Å². The molecule has 7 heteroatoms. The minimum atomic E-state index is -3.71. The molecular formula is C21H24N2O4S. The molecule has 1 aliphatic heterocycles. The Bertz CT molecular complexity index is 984. The molecule has 0 aromatic heterocycles. The van der Waals surface area contributed by atoms with Gasteiger partial charge in [0.15, 0.2) is 9.84 Å². The molecule has 1 heterocycles. The first kappa shape index (κ1) is 20.1. The van der Waals surface area contributed by atoms with Crippen molar-refractivity contribution in [2.75, 3.05) is 18.0 Å². The molecule has 2 aromatic carbocycles. The van der Waals surface area contributed by atoms with Gasteiger partial charge in [0.1, 0.15) is 6.54 Å². The lowest BCUT2D eigenvalue weighted by molar-refractivity contribution is -0.124. The maximum absolute atomic E-state index is 13.0. The molecule has 0 unspecified atom stereocenters. The summed E-state index contributed by atoms with van der Waals surface area (Å²) in [5.41, 5.74) is 1.36. The monoisotopic (exact) mass is 400 g/mol. The predicted octanol–water partition coefficient (Wildman–Crippen LogP) is 2.33. The number of amides is 2. The summed E-state index contributed by atoms with van der Waals surface area (Å²) in [6.07, 6.45) is 0.500. The van der Waals surface area contributed by atoms with E-state index in [1.54, 1.807) is 32.0 Å². The van der Waals surface area contributed by atoms with Gasteiger partial charge in [-0.1, -0.05) is 42.5 Å². The van der Waals surface area contributed by atoms with Crippen molar-refractivity contribution in [1.29, 1.82) is 0 Å². The van der Waals surface area contributed by atoms with E-state index in [1.165, 1.54) is 11.0 Å². The van der Waals surface area contributed by atoms with E-state index >= 15 is 0 Å². The standard InChI is InChI=1S/C21H24N2O4S/c1-21(2)14-20(25)23(17-10-6-7-11-18(17)28(21,26)27)15-19(24)22-13-12-16-8-4-3-5-9-16/h3-11H,12-15H2,1-2H3,(H,22,24). The van der Waals surface area contributed by atoms with Crippen molar-refractivity contribution >= 4 is 27.3 Å². The summed E-state index contributed by atoms with van der Waals surface area (Å²) in [5.74, 6) is -0.701. The molecule has 0 saturated carbocycles. The van der Waals surface area contributed by atoms with E-state index in [2.05, 4.69) is 5.32 Å². The Morgan fingerprint density at radius 2 is 1.71 bits per heavy atom. The molecule has 0 saturated heterocycles. The van der Waals surface area contributed by atoms with Crippen LogP contribution in [0.5, 0.6) is 0 Å². The van der Waals surface area contributed by atoms with Gasteiger partial charge in [-0.3, -0.25) is 9.59 Å². The van der Waals surface area contributed by atoms with Crippen LogP contribution in [0.15, 0.2) is 59.5 Å². The van der Waals surface area contributed by atoms with Crippen molar-refractivity contribution in [3.8, 4) is 0 Å². The van der Waals surface area contributed by atoms with Crippen LogP contribution in [0.2, 0.25) is 0 Å². The largest absolute Gasteiger partial charge is 0.354 e. The van der Waals surface area contributed by atoms with E-state index < -0.39 is 14.6 Å². The van der Waals surface area contributed by atoms with Crippen LogP contribution in [-0.2, 0) is 25.8 Å². The molecule has 0 aliphatic carbocycles. The first-order chi connectivity index (χ1) is 13.2. The number of fused-ring (bicyclic) bond motifs is 1. The van der Waals surface area contributed by atoms with Crippen molar-refractivity contribution in [2.24, 2.45) is 0 Å². The highest BCUT2D eigenvalue weighted by Gasteiger charge is 2.44. The second-order valence-corrected chi connectivity index (χ2v) is 10.0. The van der Waals surface area contributed by atoms with Crippen molar-refractivity contribution in [3.05, 3.63) is 60.2 Å². The number of rotatable bonds is 5. The van der Waals surface area contributed by atoms with Gasteiger partial charge < -0.3 is 10.2 Å². The SMILES string of the molecule is CC1(C)CC(=O)N(CC(=O)NCCc2ccccc2)c2ccccc2S1(=O)=O. The second kappa shape index (κ2) is 7.75. The minimum absolute atomic E-state index is 0.0861. The molecule has 2 aromatic rings. The zero-order valence-corrected chi connectivity index (χ0v) is 16.8. The highest BCUT2D eigenvalue weighted by Crippen LogP contribution is 2.38. The Morgan fingerprint density at radius 1 is 1.07 bits per heavy atom. The summed E-state index contributed by atoms with van der Waals surface area (Å²) >= 11 is 0. The summed E-state index contributed by atoms with van der Waals surface area (Å²) in [6, 6.07) is 16.1. The van der Waals surface area contributed by atoms with E-state index in [-0.39, 0.29) is 35.4 Å². The molecule has 148 valence electrons. The highest BCUT2D eigenvalue weighted by molar-refractivity contribution is 7.93. The molecule has 0 fully saturated rings. The van der Waals surface area contributed by atoms with Gasteiger partial charge in [0, 0.05) is 13.0 Å². The van der Waals surface area contributed by atoms with E-state index in [4.69, 9.17) is 0 Å². The van der Waals surface area contributed by atoms with E-state index in [0.29, 0.717) is 13.0 Å². The molecule has 0 radical (unpaired) electrons. The summed E-state index contributed by atoms with van der Waals surface area (Å²) in [5, 5.41) is 2.81. The number of anilines is 1. The van der Waals surface area contributed by atoms with Gasteiger partial charge in [0.2, 0.25) is 11.8 Å². The Balaban J connectivity index is 1.77. The van der Waals surface area contributed by atoms with Crippen LogP contribution < -0.4 is 10.2 Å². The van der Waals surface area contributed by atoms with Gasteiger partial charge in [-0.2, -0.15) is 0 Å². The number of nitrogens with one attached hydrogen (secondary N) is 1. The first-order valence-electron chi connectivity index (χ1n) is 9.17. The van der Waals surface area contributed by atoms with Crippen LogP contribution in [0.1, 0.15) is 25.8 Å². The lowest BCUT2D eigenvalue weighted by Crippen LogP contribution is -2.42. The van der Waals surface area contributed by atoms with Gasteiger partial charge in [-0.05, 0) is 38.0 Å². The second-order valence-electron chi connectivity index (χ2n) is 7.47. The van der Waals surface area contributed by atoms with Crippen LogP contribution in [0, 0.1) is 0 Å². The quantitative estimate of drug-likeness (QED) is 0.835. The van der Waals surface area contributed by atoms with E-state index in [1.807, 2.05) is 30.3 Å². The highest BCUT2D eigenvalue weighted by atomic mass is 32.2. The summed E-state index contributed by atoms with van der Waals surface area (Å²) < 4.78 is 24.7. The topological polar surface area (TPSA) is 83.6 Å². The number of carbonyl (C=O) groups is 2. The Kier molecular flexibility index (Phi) is 5.56. The molecule has 28 heavy (non-hydrogen) atoms. The van der Waals surface area contributed by atoms with Gasteiger partial charge in [-0.15, -0.1) is 0 Å². The first-order valence-corrected chi connectivity index (χ1v) is 10.7. The number of hydrogen-bond acceptors (Lipinski definition) is 4. The molecule has 2 amide bonds. The van der Waals surface area contributed by atoms with Crippen LogP contribution >= 0.6 is 0 Å². The van der Waals surface area contributed by atoms with Crippen molar-refractivity contribution < 1.29 is 18.0 Å². The zero-order chi connectivity index (χ0) is 20.4. The maximum atomic E-state index is 13.0. The Morgan fingerprint density at radius 3 is 2.43 bits per heavy atom. The molecule has 1 N–H and O–H groups in total. The fourth-order valence-electron chi connectivity index (χ4n) is 3.26. The molecule has 0 bridgehead atoms. The average molecular weight is 401 g/mol. The summed E-state index contributed by atoms with van der Waals surface area (Å²) in [6.45, 7) is 3.31. The fraction of sp³-hybridized carbons (Fsp3) is 0.333. The summed E-state index contributed by atoms with van der Waals surface area (Å²) in [4.78, 5) is 26.6. The smallest absolute Gasteiger partial charge is 0.240 e. The number of benzene rings is 2. The van der Waals surface area contributed by atoms with Crippen molar-refractivity contribution in [3.63, 3.8) is 0 Å². The molecule has 0 atom stereocenters. The number of nitrogens with zero attached hydrogens (tertiary/aromatic N) is 1. The lowest BCUT2D eigenvalue weighted by atomic mass is 10.1. The van der Waals surface area contributed by atoms with Crippen LogP contribution in [0.3, 0.4) is 0 Å². The Hall–Kier alpha value is -2.67. The molecule has 6 nitrogen and oxygen atoms in total. The van der Waals surface area contributed by atoms with Crippen molar-refractivity contribution in [2.45, 2.75) is 36.3 Å². The molecule has 3 rings (SSSR count). The summed E-state index contributed by atoms with van der Waals surface area (Å²) in [7, 11) is -3.71. The normalized spacial score (nSPS) is 17.5. The fourth-order valence-corrected chi connectivity index (χ4v) is 4.88. The average Bonchev–Trinajstić information content (AvgIpc) is 2.71. The number of sulfone groups is 1. The minimum Gasteiger partial charge on any atom is -0.354 e. The molecule has 0 spiro atoms. The third kappa shape index (κ3) is 3.94. The predicted molar refractivity (Wildman–Crippen MR) is 108 cm³/mol. The van der Waals surface area contributed by atoms with Crippen LogP contribution in [0.4, 0.5) is 5.69 Å². The van der Waals surface area contributed by atoms with E-state index in [9.17, 15) is 18.0 Å². The lowest BCUT2D eigenvalue weighted by Gasteiger charge is -2.22. The Labute approximate surface area is 165 Å². The van der Waals surface area contributed by atoms with Gasteiger partial charge in [0.25, 0.3) is 0 Å². The van der Waals surface area contributed by atoms with Crippen LogP contribution in [-0.4, -0.2) is 38.1 Å². The third-order valence-corrected chi connectivity index (χ3v) is 7.45. The maximum Gasteiger partial charge on any atom is 0.240 e. The molecular weight excluding hydrogens is 376 g/mol. The van der Waals surface area contributed by atoms with Crippen molar-refractivity contribution in [1.82, 2.24) is 5.32 Å². The number of para-hydroxylation sites is 1. The van der Waals surface area contributed by atoms with E-state index in [0.717, 1.165) is 5.56 Å². The molecule has 1 aliphatic rings. The third-order valence-electron chi connectivity index (χ3n) is 4.93.